The molecule has 0 spiro atoms. The Kier molecular flexibility index (Phi) is 4.94. The summed E-state index contributed by atoms with van der Waals surface area (Å²) < 4.78 is 27.8. The van der Waals surface area contributed by atoms with Crippen LogP contribution in [-0.2, 0) is 10.0 Å². The van der Waals surface area contributed by atoms with E-state index in [0.29, 0.717) is 10.0 Å². The Bertz CT molecular complexity index is 791. The van der Waals surface area contributed by atoms with Gasteiger partial charge < -0.3 is 0 Å². The molecule has 116 valence electrons. The van der Waals surface area contributed by atoms with Gasteiger partial charge in [0.25, 0.3) is 5.69 Å². The van der Waals surface area contributed by atoms with Crippen LogP contribution in [0.1, 0.15) is 18.5 Å². The van der Waals surface area contributed by atoms with Crippen LogP contribution in [0.5, 0.6) is 0 Å². The predicted octanol–water partition coefficient (Wildman–Crippen LogP) is 3.40. The Balaban J connectivity index is 2.20. The lowest BCUT2D eigenvalue weighted by molar-refractivity contribution is -0.384. The van der Waals surface area contributed by atoms with Crippen molar-refractivity contribution in [2.75, 3.05) is 0 Å². The molecule has 0 bridgehead atoms. The molecular formula is C14H13BrN2O4S. The summed E-state index contributed by atoms with van der Waals surface area (Å²) >= 11 is 3.23. The Hall–Kier alpha value is -1.77. The fourth-order valence-corrected chi connectivity index (χ4v) is 3.72. The highest BCUT2D eigenvalue weighted by Crippen LogP contribution is 2.21. The number of nitrogens with one attached hydrogen (secondary N) is 1. The van der Waals surface area contributed by atoms with Crippen molar-refractivity contribution < 1.29 is 13.3 Å². The highest BCUT2D eigenvalue weighted by atomic mass is 79.9. The molecule has 0 aliphatic heterocycles. The second-order valence-corrected chi connectivity index (χ2v) is 7.28. The molecule has 0 amide bonds. The molecule has 0 aliphatic carbocycles. The van der Waals surface area contributed by atoms with Crippen LogP contribution in [-0.4, -0.2) is 13.3 Å². The Morgan fingerprint density at radius 2 is 1.82 bits per heavy atom. The summed E-state index contributed by atoms with van der Waals surface area (Å²) in [5.74, 6) is 0. The van der Waals surface area contributed by atoms with E-state index < -0.39 is 21.0 Å². The number of nitro groups is 1. The van der Waals surface area contributed by atoms with Crippen molar-refractivity contribution in [3.05, 3.63) is 68.7 Å². The van der Waals surface area contributed by atoms with Crippen LogP contribution >= 0.6 is 15.9 Å². The maximum Gasteiger partial charge on any atom is 0.269 e. The zero-order chi connectivity index (χ0) is 16.3. The number of hydrogen-bond acceptors (Lipinski definition) is 4. The summed E-state index contributed by atoms with van der Waals surface area (Å²) in [4.78, 5) is 10.3. The van der Waals surface area contributed by atoms with E-state index in [0.717, 1.165) is 0 Å². The smallest absolute Gasteiger partial charge is 0.258 e. The second kappa shape index (κ2) is 6.55. The van der Waals surface area contributed by atoms with E-state index in [1.165, 1.54) is 36.4 Å². The molecule has 22 heavy (non-hydrogen) atoms. The zero-order valence-electron chi connectivity index (χ0n) is 11.6. The molecule has 8 heteroatoms. The fourth-order valence-electron chi connectivity index (χ4n) is 1.89. The maximum absolute atomic E-state index is 12.3. The van der Waals surface area contributed by atoms with Crippen LogP contribution in [0.2, 0.25) is 0 Å². The van der Waals surface area contributed by atoms with Crippen LogP contribution in [0.3, 0.4) is 0 Å². The third kappa shape index (κ3) is 3.90. The van der Waals surface area contributed by atoms with Crippen molar-refractivity contribution in [3.8, 4) is 0 Å². The predicted molar refractivity (Wildman–Crippen MR) is 86.0 cm³/mol. The van der Waals surface area contributed by atoms with Gasteiger partial charge in [-0.3, -0.25) is 10.1 Å². The molecule has 0 fully saturated rings. The molecule has 0 saturated carbocycles. The van der Waals surface area contributed by atoms with E-state index in [4.69, 9.17) is 0 Å². The minimum Gasteiger partial charge on any atom is -0.258 e. The first-order chi connectivity index (χ1) is 10.3. The normalized spacial score (nSPS) is 12.8. The van der Waals surface area contributed by atoms with E-state index in [9.17, 15) is 18.5 Å². The molecule has 2 rings (SSSR count). The Labute approximate surface area is 136 Å². The fraction of sp³-hybridized carbons (Fsp3) is 0.143. The van der Waals surface area contributed by atoms with Crippen molar-refractivity contribution >= 4 is 31.6 Å². The first kappa shape index (κ1) is 16.6. The largest absolute Gasteiger partial charge is 0.269 e. The molecule has 0 aliphatic rings. The van der Waals surface area contributed by atoms with Gasteiger partial charge in [0.15, 0.2) is 0 Å². The van der Waals surface area contributed by atoms with Gasteiger partial charge in [-0.25, -0.2) is 13.1 Å². The highest BCUT2D eigenvalue weighted by molar-refractivity contribution is 9.10. The summed E-state index contributed by atoms with van der Waals surface area (Å²) in [5, 5.41) is 10.6. The number of nitro benzene ring substituents is 1. The molecule has 0 radical (unpaired) electrons. The van der Waals surface area contributed by atoms with Crippen LogP contribution in [0.25, 0.3) is 0 Å². The molecular weight excluding hydrogens is 372 g/mol. The summed E-state index contributed by atoms with van der Waals surface area (Å²) in [6, 6.07) is 11.6. The van der Waals surface area contributed by atoms with Crippen LogP contribution < -0.4 is 4.72 Å². The van der Waals surface area contributed by atoms with Crippen molar-refractivity contribution in [2.24, 2.45) is 0 Å². The van der Waals surface area contributed by atoms with Gasteiger partial charge in [0.05, 0.1) is 9.82 Å². The number of rotatable bonds is 5. The Morgan fingerprint density at radius 3 is 2.36 bits per heavy atom. The Morgan fingerprint density at radius 1 is 1.18 bits per heavy atom. The molecule has 6 nitrogen and oxygen atoms in total. The number of halogens is 1. The SMILES string of the molecule is CC(NS(=O)(=O)c1cccc(Br)c1)c1ccc([N+](=O)[O-])cc1. The maximum atomic E-state index is 12.3. The molecule has 1 N–H and O–H groups in total. The van der Waals surface area contributed by atoms with Gasteiger partial charge in [-0.2, -0.15) is 0 Å². The standard InChI is InChI=1S/C14H13BrN2O4S/c1-10(11-5-7-13(8-6-11)17(18)19)16-22(20,21)14-4-2-3-12(15)9-14/h2-10,16H,1H3. The molecule has 1 atom stereocenters. The van der Waals surface area contributed by atoms with E-state index in [2.05, 4.69) is 20.7 Å². The highest BCUT2D eigenvalue weighted by Gasteiger charge is 2.19. The number of nitrogens with zero attached hydrogens (tertiary/aromatic N) is 1. The molecule has 2 aromatic carbocycles. The van der Waals surface area contributed by atoms with Crippen LogP contribution in [0.4, 0.5) is 5.69 Å². The lowest BCUT2D eigenvalue weighted by atomic mass is 10.1. The quantitative estimate of drug-likeness (QED) is 0.631. The van der Waals surface area contributed by atoms with Crippen LogP contribution in [0, 0.1) is 10.1 Å². The van der Waals surface area contributed by atoms with Gasteiger partial charge in [0.1, 0.15) is 0 Å². The average Bonchev–Trinajstić information content (AvgIpc) is 2.47. The van der Waals surface area contributed by atoms with E-state index in [-0.39, 0.29) is 10.6 Å². The van der Waals surface area contributed by atoms with Gasteiger partial charge in [-0.1, -0.05) is 34.1 Å². The first-order valence-electron chi connectivity index (χ1n) is 6.32. The summed E-state index contributed by atoms with van der Waals surface area (Å²) in [5.41, 5.74) is 0.606. The van der Waals surface area contributed by atoms with E-state index in [1.807, 2.05) is 0 Å². The zero-order valence-corrected chi connectivity index (χ0v) is 14.0. The first-order valence-corrected chi connectivity index (χ1v) is 8.59. The third-order valence-electron chi connectivity index (χ3n) is 3.04. The number of benzene rings is 2. The molecule has 1 unspecified atom stereocenters. The average molecular weight is 385 g/mol. The molecule has 0 aromatic heterocycles. The number of sulfonamides is 1. The lowest BCUT2D eigenvalue weighted by Gasteiger charge is -2.14. The summed E-state index contributed by atoms with van der Waals surface area (Å²) in [6.45, 7) is 1.68. The summed E-state index contributed by atoms with van der Waals surface area (Å²) in [6.07, 6.45) is 0. The second-order valence-electron chi connectivity index (χ2n) is 4.65. The van der Waals surface area contributed by atoms with Gasteiger partial charge in [0.2, 0.25) is 10.0 Å². The van der Waals surface area contributed by atoms with Crippen molar-refractivity contribution in [1.82, 2.24) is 4.72 Å². The monoisotopic (exact) mass is 384 g/mol. The van der Waals surface area contributed by atoms with Gasteiger partial charge >= 0.3 is 0 Å². The minimum atomic E-state index is -3.67. The third-order valence-corrected chi connectivity index (χ3v) is 5.07. The van der Waals surface area contributed by atoms with Crippen molar-refractivity contribution in [1.29, 1.82) is 0 Å². The van der Waals surface area contributed by atoms with Gasteiger partial charge in [-0.15, -0.1) is 0 Å². The van der Waals surface area contributed by atoms with Crippen molar-refractivity contribution in [3.63, 3.8) is 0 Å². The molecule has 0 heterocycles. The summed E-state index contributed by atoms with van der Waals surface area (Å²) in [7, 11) is -3.67. The van der Waals surface area contributed by atoms with Crippen molar-refractivity contribution in [2.45, 2.75) is 17.9 Å². The van der Waals surface area contributed by atoms with Gasteiger partial charge in [0, 0.05) is 22.6 Å². The molecule has 0 saturated heterocycles. The van der Waals surface area contributed by atoms with E-state index >= 15 is 0 Å². The van der Waals surface area contributed by atoms with Crippen LogP contribution in [0.15, 0.2) is 57.9 Å². The van der Waals surface area contributed by atoms with E-state index in [1.54, 1.807) is 19.1 Å². The minimum absolute atomic E-state index is 0.0363. The lowest BCUT2D eigenvalue weighted by Crippen LogP contribution is -2.26. The van der Waals surface area contributed by atoms with Gasteiger partial charge in [-0.05, 0) is 30.7 Å². The number of hydrogen-bond donors (Lipinski definition) is 1. The number of non-ortho nitro benzene ring substituents is 1. The topological polar surface area (TPSA) is 89.3 Å². The molecule has 2 aromatic rings.